The number of hydrogen-bond acceptors (Lipinski definition) is 2. The molecule has 1 aliphatic rings. The summed E-state index contributed by atoms with van der Waals surface area (Å²) in [5, 5.41) is 0. The predicted octanol–water partition coefficient (Wildman–Crippen LogP) is 1.23. The molecule has 2 nitrogen and oxygen atoms in total. The van der Waals surface area contributed by atoms with E-state index in [-0.39, 0.29) is 0 Å². The molecule has 1 aliphatic heterocycles. The number of likely N-dealkylation sites (tertiary alicyclic amines) is 1. The van der Waals surface area contributed by atoms with Crippen molar-refractivity contribution < 1.29 is 0 Å². The van der Waals surface area contributed by atoms with Crippen LogP contribution in [-0.4, -0.2) is 30.1 Å². The van der Waals surface area contributed by atoms with Crippen molar-refractivity contribution >= 4 is 0 Å². The molecule has 0 amide bonds. The van der Waals surface area contributed by atoms with Gasteiger partial charge in [-0.2, -0.15) is 0 Å². The van der Waals surface area contributed by atoms with Crippen LogP contribution in [0.3, 0.4) is 0 Å². The maximum absolute atomic E-state index is 5.85. The van der Waals surface area contributed by atoms with Crippen molar-refractivity contribution in [1.29, 1.82) is 0 Å². The molecule has 3 unspecified atom stereocenters. The van der Waals surface area contributed by atoms with E-state index in [1.807, 2.05) is 6.08 Å². The first-order chi connectivity index (χ1) is 5.65. The maximum atomic E-state index is 5.85. The summed E-state index contributed by atoms with van der Waals surface area (Å²) in [6.45, 7) is 10.4. The summed E-state index contributed by atoms with van der Waals surface area (Å²) in [4.78, 5) is 2.45. The van der Waals surface area contributed by atoms with Gasteiger partial charge in [0.05, 0.1) is 0 Å². The first-order valence-electron chi connectivity index (χ1n) is 4.77. The average Bonchev–Trinajstić information content (AvgIpc) is 2.51. The highest BCUT2D eigenvalue weighted by molar-refractivity contribution is 4.90. The van der Waals surface area contributed by atoms with E-state index >= 15 is 0 Å². The van der Waals surface area contributed by atoms with Crippen LogP contribution in [0.25, 0.3) is 0 Å². The minimum atomic E-state index is 0.340. The zero-order valence-electron chi connectivity index (χ0n) is 8.16. The van der Waals surface area contributed by atoms with Crippen molar-refractivity contribution in [2.24, 2.45) is 11.7 Å². The largest absolute Gasteiger partial charge is 0.328 e. The van der Waals surface area contributed by atoms with Crippen molar-refractivity contribution in [3.63, 3.8) is 0 Å². The molecular formula is C10H20N2. The minimum Gasteiger partial charge on any atom is -0.328 e. The molecule has 0 spiro atoms. The summed E-state index contributed by atoms with van der Waals surface area (Å²) >= 11 is 0. The summed E-state index contributed by atoms with van der Waals surface area (Å²) in [5.74, 6) is 0.687. The molecule has 12 heavy (non-hydrogen) atoms. The highest BCUT2D eigenvalue weighted by atomic mass is 15.2. The van der Waals surface area contributed by atoms with Gasteiger partial charge in [0, 0.05) is 18.6 Å². The van der Waals surface area contributed by atoms with E-state index < -0.39 is 0 Å². The lowest BCUT2D eigenvalue weighted by atomic mass is 10.0. The van der Waals surface area contributed by atoms with Gasteiger partial charge in [0.2, 0.25) is 0 Å². The number of hydrogen-bond donors (Lipinski definition) is 1. The van der Waals surface area contributed by atoms with Gasteiger partial charge in [-0.05, 0) is 32.7 Å². The minimum absolute atomic E-state index is 0.340. The third kappa shape index (κ3) is 2.08. The van der Waals surface area contributed by atoms with Crippen molar-refractivity contribution in [1.82, 2.24) is 4.90 Å². The summed E-state index contributed by atoms with van der Waals surface area (Å²) < 4.78 is 0. The molecule has 0 aromatic rings. The van der Waals surface area contributed by atoms with Crippen LogP contribution in [-0.2, 0) is 0 Å². The Morgan fingerprint density at radius 3 is 2.67 bits per heavy atom. The number of nitrogens with zero attached hydrogens (tertiary/aromatic N) is 1. The van der Waals surface area contributed by atoms with Crippen LogP contribution in [0.15, 0.2) is 12.7 Å². The Labute approximate surface area is 75.4 Å². The predicted molar refractivity (Wildman–Crippen MR) is 53.0 cm³/mol. The number of rotatable bonds is 3. The second-order valence-electron chi connectivity index (χ2n) is 3.88. The monoisotopic (exact) mass is 168 g/mol. The molecule has 2 heteroatoms. The van der Waals surface area contributed by atoms with Gasteiger partial charge in [-0.25, -0.2) is 0 Å². The summed E-state index contributed by atoms with van der Waals surface area (Å²) in [6, 6.07) is 0.848. The van der Waals surface area contributed by atoms with Crippen molar-refractivity contribution in [3.8, 4) is 0 Å². The molecule has 0 aromatic heterocycles. The van der Waals surface area contributed by atoms with E-state index in [1.165, 1.54) is 13.0 Å². The van der Waals surface area contributed by atoms with Crippen LogP contribution < -0.4 is 5.73 Å². The van der Waals surface area contributed by atoms with Crippen LogP contribution in [0.5, 0.6) is 0 Å². The van der Waals surface area contributed by atoms with E-state index in [4.69, 9.17) is 5.73 Å². The highest BCUT2D eigenvalue weighted by Crippen LogP contribution is 2.20. The molecule has 0 aromatic carbocycles. The zero-order valence-corrected chi connectivity index (χ0v) is 8.16. The fraction of sp³-hybridized carbons (Fsp3) is 0.800. The quantitative estimate of drug-likeness (QED) is 0.642. The molecule has 1 fully saturated rings. The van der Waals surface area contributed by atoms with Crippen molar-refractivity contribution in [2.75, 3.05) is 13.1 Å². The lowest BCUT2D eigenvalue weighted by molar-refractivity contribution is 0.282. The first-order valence-corrected chi connectivity index (χ1v) is 4.77. The molecule has 1 heterocycles. The van der Waals surface area contributed by atoms with Gasteiger partial charge in [0.25, 0.3) is 0 Å². The Kier molecular flexibility index (Phi) is 3.29. The SMILES string of the molecule is C=CC(C)N1CCC(C(C)N)C1. The molecule has 2 N–H and O–H groups in total. The molecule has 0 aliphatic carbocycles. The van der Waals surface area contributed by atoms with Crippen LogP contribution in [0.4, 0.5) is 0 Å². The standard InChI is InChI=1S/C10H20N2/c1-4-8(2)12-6-5-10(7-12)9(3)11/h4,8-10H,1,5-7,11H2,2-3H3. The fourth-order valence-electron chi connectivity index (χ4n) is 1.76. The van der Waals surface area contributed by atoms with E-state index in [0.29, 0.717) is 18.0 Å². The fourth-order valence-corrected chi connectivity index (χ4v) is 1.76. The lowest BCUT2D eigenvalue weighted by Crippen LogP contribution is -2.33. The third-order valence-corrected chi connectivity index (χ3v) is 2.92. The van der Waals surface area contributed by atoms with Crippen LogP contribution in [0.1, 0.15) is 20.3 Å². The van der Waals surface area contributed by atoms with Gasteiger partial charge in [0.15, 0.2) is 0 Å². The Balaban J connectivity index is 2.40. The third-order valence-electron chi connectivity index (χ3n) is 2.92. The van der Waals surface area contributed by atoms with Crippen molar-refractivity contribution in [3.05, 3.63) is 12.7 Å². The topological polar surface area (TPSA) is 29.3 Å². The van der Waals surface area contributed by atoms with E-state index in [1.54, 1.807) is 0 Å². The molecule has 3 atom stereocenters. The van der Waals surface area contributed by atoms with Crippen LogP contribution >= 0.6 is 0 Å². The molecule has 1 saturated heterocycles. The van der Waals surface area contributed by atoms with Crippen LogP contribution in [0, 0.1) is 5.92 Å². The molecule has 0 radical (unpaired) electrons. The molecule has 70 valence electrons. The molecule has 0 bridgehead atoms. The Morgan fingerprint density at radius 1 is 1.58 bits per heavy atom. The molecular weight excluding hydrogens is 148 g/mol. The van der Waals surface area contributed by atoms with E-state index in [9.17, 15) is 0 Å². The van der Waals surface area contributed by atoms with Gasteiger partial charge < -0.3 is 5.73 Å². The van der Waals surface area contributed by atoms with Gasteiger partial charge in [0.1, 0.15) is 0 Å². The second kappa shape index (κ2) is 4.06. The van der Waals surface area contributed by atoms with Crippen LogP contribution in [0.2, 0.25) is 0 Å². The Hall–Kier alpha value is -0.340. The van der Waals surface area contributed by atoms with Gasteiger partial charge in [-0.1, -0.05) is 6.08 Å². The van der Waals surface area contributed by atoms with Crippen molar-refractivity contribution in [2.45, 2.75) is 32.4 Å². The zero-order chi connectivity index (χ0) is 9.14. The molecule has 0 saturated carbocycles. The average molecular weight is 168 g/mol. The smallest absolute Gasteiger partial charge is 0.0247 e. The molecule has 1 rings (SSSR count). The summed E-state index contributed by atoms with van der Waals surface area (Å²) in [5.41, 5.74) is 5.85. The second-order valence-corrected chi connectivity index (χ2v) is 3.88. The maximum Gasteiger partial charge on any atom is 0.0247 e. The van der Waals surface area contributed by atoms with Gasteiger partial charge in [-0.15, -0.1) is 6.58 Å². The Bertz CT molecular complexity index is 154. The lowest BCUT2D eigenvalue weighted by Gasteiger charge is -2.21. The Morgan fingerprint density at radius 2 is 2.25 bits per heavy atom. The van der Waals surface area contributed by atoms with Gasteiger partial charge in [-0.3, -0.25) is 4.90 Å². The highest BCUT2D eigenvalue weighted by Gasteiger charge is 2.26. The first kappa shape index (κ1) is 9.75. The van der Waals surface area contributed by atoms with Gasteiger partial charge >= 0.3 is 0 Å². The normalized spacial score (nSPS) is 30.1. The number of nitrogens with two attached hydrogens (primary N) is 1. The summed E-state index contributed by atoms with van der Waals surface area (Å²) in [6.07, 6.45) is 3.25. The van der Waals surface area contributed by atoms with E-state index in [2.05, 4.69) is 25.3 Å². The van der Waals surface area contributed by atoms with E-state index in [0.717, 1.165) is 6.54 Å². The summed E-state index contributed by atoms with van der Waals surface area (Å²) in [7, 11) is 0.